The number of rotatable bonds is 6. The number of amides is 1. The van der Waals surface area contributed by atoms with Crippen molar-refractivity contribution in [2.75, 3.05) is 5.32 Å². The van der Waals surface area contributed by atoms with Gasteiger partial charge in [0.1, 0.15) is 10.8 Å². The zero-order valence-corrected chi connectivity index (χ0v) is 17.5. The van der Waals surface area contributed by atoms with Crippen molar-refractivity contribution in [3.8, 4) is 22.2 Å². The molecule has 0 fully saturated rings. The number of carbonyl (C=O) groups excluding carboxylic acids is 1. The molecule has 0 bridgehead atoms. The lowest BCUT2D eigenvalue weighted by atomic mass is 10.3. The van der Waals surface area contributed by atoms with E-state index in [4.69, 9.17) is 4.74 Å². The highest BCUT2D eigenvalue weighted by atomic mass is 79.9. The molecule has 1 N–H and O–H groups in total. The molecule has 4 aromatic rings. The van der Waals surface area contributed by atoms with E-state index in [1.165, 1.54) is 11.3 Å². The second kappa shape index (κ2) is 8.93. The fraction of sp³-hybridized carbons (Fsp3) is 0.0476. The molecule has 1 amide bonds. The molecule has 0 aliphatic carbocycles. The average molecular weight is 467 g/mol. The molecule has 1 aromatic carbocycles. The predicted octanol–water partition coefficient (Wildman–Crippen LogP) is 5.34. The number of carbonyl (C=O) groups is 1. The minimum atomic E-state index is -0.157. The fourth-order valence-electron chi connectivity index (χ4n) is 2.55. The Kier molecular flexibility index (Phi) is 5.92. The summed E-state index contributed by atoms with van der Waals surface area (Å²) in [6, 6.07) is 14.8. The molecule has 0 unspecified atom stereocenters. The van der Waals surface area contributed by atoms with Gasteiger partial charge in [-0.1, -0.05) is 22.0 Å². The van der Waals surface area contributed by atoms with Crippen LogP contribution in [0.5, 0.6) is 11.6 Å². The van der Waals surface area contributed by atoms with E-state index < -0.39 is 0 Å². The number of hydrogen-bond acceptors (Lipinski definition) is 6. The van der Waals surface area contributed by atoms with Crippen LogP contribution in [0.15, 0.2) is 77.0 Å². The Bertz CT molecular complexity index is 1120. The third-order valence-electron chi connectivity index (χ3n) is 3.84. The monoisotopic (exact) mass is 466 g/mol. The number of nitrogens with zero attached hydrogens (tertiary/aromatic N) is 3. The van der Waals surface area contributed by atoms with Crippen molar-refractivity contribution in [1.29, 1.82) is 0 Å². The maximum absolute atomic E-state index is 12.3. The third-order valence-corrected chi connectivity index (χ3v) is 5.27. The van der Waals surface area contributed by atoms with Gasteiger partial charge in [0, 0.05) is 33.9 Å². The van der Waals surface area contributed by atoms with Gasteiger partial charge in [-0.15, -0.1) is 11.3 Å². The summed E-state index contributed by atoms with van der Waals surface area (Å²) in [5.74, 6) is 0.967. The van der Waals surface area contributed by atoms with Gasteiger partial charge in [-0.2, -0.15) is 0 Å². The Hall–Kier alpha value is -3.10. The second-order valence-corrected chi connectivity index (χ2v) is 7.83. The summed E-state index contributed by atoms with van der Waals surface area (Å²) in [5.41, 5.74) is 2.25. The first-order chi connectivity index (χ1) is 14.2. The van der Waals surface area contributed by atoms with Crippen LogP contribution in [0.2, 0.25) is 0 Å². The molecule has 6 nitrogen and oxygen atoms in total. The van der Waals surface area contributed by atoms with Gasteiger partial charge in [-0.25, -0.2) is 9.97 Å². The highest BCUT2D eigenvalue weighted by Crippen LogP contribution is 2.24. The van der Waals surface area contributed by atoms with Crippen molar-refractivity contribution >= 4 is 38.9 Å². The number of benzene rings is 1. The summed E-state index contributed by atoms with van der Waals surface area (Å²) < 4.78 is 6.62. The molecule has 3 heterocycles. The van der Waals surface area contributed by atoms with Crippen LogP contribution in [0.4, 0.5) is 5.69 Å². The molecule has 8 heteroatoms. The quantitative estimate of drug-likeness (QED) is 0.415. The molecule has 0 radical (unpaired) electrons. The molecule has 3 aromatic heterocycles. The lowest BCUT2D eigenvalue weighted by Gasteiger charge is -2.07. The summed E-state index contributed by atoms with van der Waals surface area (Å²) in [7, 11) is 0. The topological polar surface area (TPSA) is 77.0 Å². The van der Waals surface area contributed by atoms with Gasteiger partial charge in [-0.05, 0) is 36.4 Å². The van der Waals surface area contributed by atoms with Crippen molar-refractivity contribution < 1.29 is 9.53 Å². The SMILES string of the molecule is O=C(Cc1csc(-c2cccnc2)n1)Nc1ccc(Oc2cccc(Br)c2)nc1. The molecular formula is C21H15BrN4O2S. The number of thiazole rings is 1. The van der Waals surface area contributed by atoms with E-state index in [-0.39, 0.29) is 12.3 Å². The van der Waals surface area contributed by atoms with E-state index in [9.17, 15) is 4.79 Å². The number of pyridine rings is 2. The van der Waals surface area contributed by atoms with E-state index in [0.717, 1.165) is 15.0 Å². The van der Waals surface area contributed by atoms with Gasteiger partial charge in [0.25, 0.3) is 0 Å². The molecule has 0 aliphatic rings. The Balaban J connectivity index is 1.34. The largest absolute Gasteiger partial charge is 0.439 e. The molecule has 0 spiro atoms. The summed E-state index contributed by atoms with van der Waals surface area (Å²) in [5, 5.41) is 5.56. The lowest BCUT2D eigenvalue weighted by Crippen LogP contribution is -2.14. The minimum absolute atomic E-state index is 0.157. The van der Waals surface area contributed by atoms with Crippen molar-refractivity contribution in [3.63, 3.8) is 0 Å². The molecule has 144 valence electrons. The number of anilines is 1. The maximum atomic E-state index is 12.3. The van der Waals surface area contributed by atoms with Crippen molar-refractivity contribution in [2.24, 2.45) is 0 Å². The van der Waals surface area contributed by atoms with Gasteiger partial charge < -0.3 is 10.1 Å². The van der Waals surface area contributed by atoms with Crippen molar-refractivity contribution in [1.82, 2.24) is 15.0 Å². The highest BCUT2D eigenvalue weighted by Gasteiger charge is 2.10. The van der Waals surface area contributed by atoms with Gasteiger partial charge in [0.2, 0.25) is 11.8 Å². The van der Waals surface area contributed by atoms with Crippen molar-refractivity contribution in [3.05, 3.63) is 82.7 Å². The fourth-order valence-corrected chi connectivity index (χ4v) is 3.73. The zero-order valence-electron chi connectivity index (χ0n) is 15.1. The molecule has 29 heavy (non-hydrogen) atoms. The predicted molar refractivity (Wildman–Crippen MR) is 116 cm³/mol. The van der Waals surface area contributed by atoms with Crippen LogP contribution in [-0.4, -0.2) is 20.9 Å². The second-order valence-electron chi connectivity index (χ2n) is 6.06. The van der Waals surface area contributed by atoms with E-state index >= 15 is 0 Å². The van der Waals surface area contributed by atoms with E-state index in [1.54, 1.807) is 30.7 Å². The summed E-state index contributed by atoms with van der Waals surface area (Å²) in [6.45, 7) is 0. The summed E-state index contributed by atoms with van der Waals surface area (Å²) in [4.78, 5) is 25.2. The van der Waals surface area contributed by atoms with Gasteiger partial charge >= 0.3 is 0 Å². The molecule has 0 aliphatic heterocycles. The first-order valence-electron chi connectivity index (χ1n) is 8.70. The Morgan fingerprint density at radius 1 is 1.14 bits per heavy atom. The first-order valence-corrected chi connectivity index (χ1v) is 10.4. The number of aromatic nitrogens is 3. The highest BCUT2D eigenvalue weighted by molar-refractivity contribution is 9.10. The smallest absolute Gasteiger partial charge is 0.230 e. The van der Waals surface area contributed by atoms with Crippen LogP contribution in [0.3, 0.4) is 0 Å². The summed E-state index contributed by atoms with van der Waals surface area (Å²) in [6.07, 6.45) is 5.22. The first kappa shape index (κ1) is 19.2. The van der Waals surface area contributed by atoms with Gasteiger partial charge in [0.15, 0.2) is 0 Å². The molecule has 4 rings (SSSR count). The number of ether oxygens (including phenoxy) is 1. The van der Waals surface area contributed by atoms with E-state index in [0.29, 0.717) is 23.0 Å². The van der Waals surface area contributed by atoms with Crippen molar-refractivity contribution in [2.45, 2.75) is 6.42 Å². The molecule has 0 saturated heterocycles. The molecule has 0 saturated carbocycles. The summed E-state index contributed by atoms with van der Waals surface area (Å²) >= 11 is 4.89. The third kappa shape index (κ3) is 5.24. The number of hydrogen-bond donors (Lipinski definition) is 1. The Morgan fingerprint density at radius 2 is 2.07 bits per heavy atom. The number of halogens is 1. The van der Waals surface area contributed by atoms with Crippen LogP contribution in [0.25, 0.3) is 10.6 Å². The van der Waals surface area contributed by atoms with E-state index in [1.807, 2.05) is 41.8 Å². The van der Waals surface area contributed by atoms with Crippen LogP contribution < -0.4 is 10.1 Å². The van der Waals surface area contributed by atoms with E-state index in [2.05, 4.69) is 36.2 Å². The standard InChI is InChI=1S/C21H15BrN4O2S/c22-15-4-1-5-18(9-15)28-20-7-6-16(12-24-20)25-19(27)10-17-13-29-21(26-17)14-3-2-8-23-11-14/h1-9,11-13H,10H2,(H,25,27). The van der Waals surface area contributed by atoms with Crippen LogP contribution in [0, 0.1) is 0 Å². The Labute approximate surface area is 179 Å². The number of nitrogens with one attached hydrogen (secondary N) is 1. The normalized spacial score (nSPS) is 10.5. The van der Waals surface area contributed by atoms with Crippen LogP contribution >= 0.6 is 27.3 Å². The van der Waals surface area contributed by atoms with Gasteiger partial charge in [0.05, 0.1) is 24.0 Å². The lowest BCUT2D eigenvalue weighted by molar-refractivity contribution is -0.115. The molecule has 0 atom stereocenters. The minimum Gasteiger partial charge on any atom is -0.439 e. The maximum Gasteiger partial charge on any atom is 0.230 e. The van der Waals surface area contributed by atoms with Crippen LogP contribution in [-0.2, 0) is 11.2 Å². The molecular weight excluding hydrogens is 452 g/mol. The zero-order chi connectivity index (χ0) is 20.1. The average Bonchev–Trinajstić information content (AvgIpc) is 3.18. The van der Waals surface area contributed by atoms with Crippen LogP contribution in [0.1, 0.15) is 5.69 Å². The Morgan fingerprint density at radius 3 is 2.83 bits per heavy atom. The van der Waals surface area contributed by atoms with Gasteiger partial charge in [-0.3, -0.25) is 9.78 Å².